The highest BCUT2D eigenvalue weighted by Gasteiger charge is 2.32. The summed E-state index contributed by atoms with van der Waals surface area (Å²) in [6.07, 6.45) is 4.96. The first-order valence-corrected chi connectivity index (χ1v) is 7.58. The summed E-state index contributed by atoms with van der Waals surface area (Å²) >= 11 is 0. The van der Waals surface area contributed by atoms with E-state index in [0.717, 1.165) is 38.0 Å². The van der Waals surface area contributed by atoms with Crippen LogP contribution in [0.3, 0.4) is 0 Å². The van der Waals surface area contributed by atoms with Crippen molar-refractivity contribution in [2.24, 2.45) is 0 Å². The Kier molecular flexibility index (Phi) is 4.03. The number of rotatable bonds is 4. The molecule has 110 valence electrons. The highest BCUT2D eigenvalue weighted by molar-refractivity contribution is 5.21. The lowest BCUT2D eigenvalue weighted by molar-refractivity contribution is 0.184. The molecule has 0 spiro atoms. The molecule has 1 atom stereocenters. The minimum atomic E-state index is -0.503. The number of likely N-dealkylation sites (tertiary alicyclic amines) is 1. The molecule has 0 bridgehead atoms. The van der Waals surface area contributed by atoms with Gasteiger partial charge in [0.2, 0.25) is 0 Å². The lowest BCUT2D eigenvalue weighted by Gasteiger charge is -2.34. The van der Waals surface area contributed by atoms with Gasteiger partial charge in [0.25, 0.3) is 0 Å². The molecule has 20 heavy (non-hydrogen) atoms. The van der Waals surface area contributed by atoms with Gasteiger partial charge in [-0.25, -0.2) is 8.78 Å². The summed E-state index contributed by atoms with van der Waals surface area (Å²) in [7, 11) is 0. The third-order valence-electron chi connectivity index (χ3n) is 4.46. The van der Waals surface area contributed by atoms with Gasteiger partial charge in [-0.05, 0) is 63.4 Å². The van der Waals surface area contributed by atoms with Crippen LogP contribution in [-0.4, -0.2) is 30.1 Å². The monoisotopic (exact) mass is 280 g/mol. The smallest absolute Gasteiger partial charge is 0.126 e. The molecule has 1 aromatic carbocycles. The van der Waals surface area contributed by atoms with E-state index in [4.69, 9.17) is 0 Å². The average Bonchev–Trinajstić information content (AvgIpc) is 3.23. The first kappa shape index (κ1) is 14.0. The van der Waals surface area contributed by atoms with Crippen LogP contribution in [0.1, 0.15) is 44.2 Å². The van der Waals surface area contributed by atoms with E-state index in [0.29, 0.717) is 11.6 Å². The van der Waals surface area contributed by atoms with Crippen molar-refractivity contribution in [3.05, 3.63) is 35.4 Å². The van der Waals surface area contributed by atoms with E-state index in [1.54, 1.807) is 0 Å². The third-order valence-corrected chi connectivity index (χ3v) is 4.46. The molecule has 1 saturated heterocycles. The molecule has 1 aromatic rings. The van der Waals surface area contributed by atoms with Crippen LogP contribution in [0.2, 0.25) is 0 Å². The maximum atomic E-state index is 13.2. The lowest BCUT2D eigenvalue weighted by Crippen LogP contribution is -2.44. The van der Waals surface area contributed by atoms with Crippen LogP contribution >= 0.6 is 0 Å². The van der Waals surface area contributed by atoms with Crippen molar-refractivity contribution in [3.63, 3.8) is 0 Å². The Hall–Kier alpha value is -1.00. The molecule has 0 amide bonds. The second-order valence-corrected chi connectivity index (χ2v) is 6.13. The third kappa shape index (κ3) is 3.36. The fraction of sp³-hybridized carbons (Fsp3) is 0.625. The van der Waals surface area contributed by atoms with Gasteiger partial charge < -0.3 is 10.2 Å². The second-order valence-electron chi connectivity index (χ2n) is 6.13. The quantitative estimate of drug-likeness (QED) is 0.911. The number of nitrogens with one attached hydrogen (secondary N) is 1. The van der Waals surface area contributed by atoms with Crippen LogP contribution in [0.4, 0.5) is 8.78 Å². The van der Waals surface area contributed by atoms with Gasteiger partial charge >= 0.3 is 0 Å². The summed E-state index contributed by atoms with van der Waals surface area (Å²) in [5.74, 6) is -1.01. The number of hydrogen-bond donors (Lipinski definition) is 1. The van der Waals surface area contributed by atoms with Gasteiger partial charge in [0.1, 0.15) is 11.6 Å². The summed E-state index contributed by atoms with van der Waals surface area (Å²) in [6.45, 7) is 4.26. The van der Waals surface area contributed by atoms with E-state index in [2.05, 4.69) is 10.2 Å². The molecular formula is C16H22F2N2. The van der Waals surface area contributed by atoms with E-state index in [-0.39, 0.29) is 6.04 Å². The highest BCUT2D eigenvalue weighted by Crippen LogP contribution is 2.29. The summed E-state index contributed by atoms with van der Waals surface area (Å²) in [6, 6.07) is 5.03. The first-order chi connectivity index (χ1) is 9.61. The SMILES string of the molecule is CC(NC1CCN(C2CC2)CC1)c1cc(F)cc(F)c1. The fourth-order valence-electron chi connectivity index (χ4n) is 3.15. The Morgan fingerprint density at radius 1 is 1.05 bits per heavy atom. The van der Waals surface area contributed by atoms with Crippen molar-refractivity contribution in [1.82, 2.24) is 10.2 Å². The van der Waals surface area contributed by atoms with Crippen LogP contribution in [0.25, 0.3) is 0 Å². The molecule has 1 heterocycles. The maximum Gasteiger partial charge on any atom is 0.126 e. The van der Waals surface area contributed by atoms with Crippen LogP contribution in [0.15, 0.2) is 18.2 Å². The van der Waals surface area contributed by atoms with E-state index in [1.165, 1.54) is 25.0 Å². The molecule has 3 rings (SSSR count). The summed E-state index contributed by atoms with van der Waals surface area (Å²) in [5, 5.41) is 3.51. The minimum Gasteiger partial charge on any atom is -0.307 e. The largest absolute Gasteiger partial charge is 0.307 e. The highest BCUT2D eigenvalue weighted by atomic mass is 19.1. The number of nitrogens with zero attached hydrogens (tertiary/aromatic N) is 1. The van der Waals surface area contributed by atoms with Crippen LogP contribution in [0.5, 0.6) is 0 Å². The van der Waals surface area contributed by atoms with E-state index >= 15 is 0 Å². The molecular weight excluding hydrogens is 258 g/mol. The Labute approximate surface area is 119 Å². The van der Waals surface area contributed by atoms with Gasteiger partial charge in [-0.15, -0.1) is 0 Å². The molecule has 1 aliphatic carbocycles. The Morgan fingerprint density at radius 2 is 1.65 bits per heavy atom. The maximum absolute atomic E-state index is 13.2. The minimum absolute atomic E-state index is 0.0160. The van der Waals surface area contributed by atoms with Crippen molar-refractivity contribution < 1.29 is 8.78 Å². The van der Waals surface area contributed by atoms with Gasteiger partial charge in [0.15, 0.2) is 0 Å². The van der Waals surface area contributed by atoms with Crippen molar-refractivity contribution in [1.29, 1.82) is 0 Å². The predicted octanol–water partition coefficient (Wildman–Crippen LogP) is 3.24. The van der Waals surface area contributed by atoms with E-state index in [1.807, 2.05) is 6.92 Å². The molecule has 1 N–H and O–H groups in total. The van der Waals surface area contributed by atoms with Crippen LogP contribution in [0, 0.1) is 11.6 Å². The zero-order valence-corrected chi connectivity index (χ0v) is 11.9. The van der Waals surface area contributed by atoms with Crippen molar-refractivity contribution in [3.8, 4) is 0 Å². The molecule has 1 unspecified atom stereocenters. The number of halogens is 2. The second kappa shape index (κ2) is 5.78. The summed E-state index contributed by atoms with van der Waals surface area (Å²) in [5.41, 5.74) is 0.687. The zero-order chi connectivity index (χ0) is 14.1. The lowest BCUT2D eigenvalue weighted by atomic mass is 10.0. The van der Waals surface area contributed by atoms with Gasteiger partial charge in [-0.1, -0.05) is 0 Å². The van der Waals surface area contributed by atoms with Gasteiger partial charge in [0, 0.05) is 24.2 Å². The molecule has 1 aliphatic heterocycles. The van der Waals surface area contributed by atoms with Crippen molar-refractivity contribution >= 4 is 0 Å². The van der Waals surface area contributed by atoms with Crippen LogP contribution in [-0.2, 0) is 0 Å². The molecule has 0 radical (unpaired) electrons. The fourth-order valence-corrected chi connectivity index (χ4v) is 3.15. The number of benzene rings is 1. The molecule has 4 heteroatoms. The topological polar surface area (TPSA) is 15.3 Å². The van der Waals surface area contributed by atoms with Crippen molar-refractivity contribution in [2.45, 2.75) is 50.7 Å². The summed E-state index contributed by atoms with van der Waals surface area (Å²) < 4.78 is 26.5. The Morgan fingerprint density at radius 3 is 2.20 bits per heavy atom. The number of piperidine rings is 1. The Balaban J connectivity index is 1.54. The van der Waals surface area contributed by atoms with Gasteiger partial charge in [0.05, 0.1) is 0 Å². The standard InChI is InChI=1S/C16H22F2N2/c1-11(12-8-13(17)10-14(18)9-12)19-15-4-6-20(7-5-15)16-2-3-16/h8-11,15-16,19H,2-7H2,1H3. The van der Waals surface area contributed by atoms with Gasteiger partial charge in [-0.3, -0.25) is 0 Å². The Bertz CT molecular complexity index is 445. The first-order valence-electron chi connectivity index (χ1n) is 7.58. The van der Waals surface area contributed by atoms with Gasteiger partial charge in [-0.2, -0.15) is 0 Å². The molecule has 0 aromatic heterocycles. The zero-order valence-electron chi connectivity index (χ0n) is 11.9. The summed E-state index contributed by atoms with van der Waals surface area (Å²) in [4.78, 5) is 2.57. The average molecular weight is 280 g/mol. The van der Waals surface area contributed by atoms with E-state index < -0.39 is 11.6 Å². The number of hydrogen-bond acceptors (Lipinski definition) is 2. The molecule has 2 fully saturated rings. The normalized spacial score (nSPS) is 22.9. The molecule has 2 aliphatic rings. The molecule has 1 saturated carbocycles. The van der Waals surface area contributed by atoms with Crippen LogP contribution < -0.4 is 5.32 Å². The molecule has 2 nitrogen and oxygen atoms in total. The van der Waals surface area contributed by atoms with Crippen molar-refractivity contribution in [2.75, 3.05) is 13.1 Å². The predicted molar refractivity (Wildman–Crippen MR) is 75.5 cm³/mol. The van der Waals surface area contributed by atoms with E-state index in [9.17, 15) is 8.78 Å².